The number of amides is 2. The predicted octanol–water partition coefficient (Wildman–Crippen LogP) is 3.18. The Morgan fingerprint density at radius 2 is 1.92 bits per heavy atom. The first kappa shape index (κ1) is 21.9. The molecule has 0 fully saturated rings. The molecule has 10 heteroatoms. The van der Waals surface area contributed by atoms with Crippen LogP contribution in [0.3, 0.4) is 0 Å². The van der Waals surface area contributed by atoms with Gasteiger partial charge in [0, 0.05) is 17.7 Å². The van der Waals surface area contributed by atoms with Crippen molar-refractivity contribution in [2.45, 2.75) is 33.0 Å². The van der Waals surface area contributed by atoms with Crippen LogP contribution < -0.4 is 10.9 Å². The molecule has 1 aromatic carbocycles. The van der Waals surface area contributed by atoms with Crippen LogP contribution in [0.2, 0.25) is 0 Å². The maximum atomic E-state index is 13.4. The van der Waals surface area contributed by atoms with Gasteiger partial charge in [-0.1, -0.05) is 24.3 Å². The van der Waals surface area contributed by atoms with Crippen molar-refractivity contribution in [1.82, 2.24) is 24.1 Å². The Hall–Kier alpha value is -4.60. The SMILES string of the molecule is CC(C)N1Cc2c(n(CC(=O)Nc3ccc(F)cn3)c3cc(-c4ccc5c(c4)C=C5)nn3c2=O)C1=O. The van der Waals surface area contributed by atoms with Crippen molar-refractivity contribution in [3.63, 3.8) is 0 Å². The van der Waals surface area contributed by atoms with Crippen molar-refractivity contribution in [1.29, 1.82) is 0 Å². The highest BCUT2D eigenvalue weighted by atomic mass is 19.1. The summed E-state index contributed by atoms with van der Waals surface area (Å²) in [7, 11) is 0. The molecule has 4 heterocycles. The van der Waals surface area contributed by atoms with Crippen molar-refractivity contribution in [3.05, 3.63) is 81.2 Å². The van der Waals surface area contributed by atoms with E-state index in [0.717, 1.165) is 22.9 Å². The van der Waals surface area contributed by atoms with E-state index in [0.29, 0.717) is 16.9 Å². The Balaban J connectivity index is 1.47. The van der Waals surface area contributed by atoms with E-state index in [1.54, 1.807) is 11.0 Å². The standard InChI is InChI=1S/C26H21FN6O3/c1-14(2)31-12-19-24(26(31)36)32(13-22(34)29-21-8-7-18(27)11-28-21)23-10-20(30-33(23)25(19)35)17-6-4-15-3-5-16(15)9-17/h3-11,14H,12-13H2,1-2H3,(H,28,29,34). The number of hydrogen-bond donors (Lipinski definition) is 1. The number of rotatable bonds is 5. The van der Waals surface area contributed by atoms with Crippen molar-refractivity contribution >= 4 is 35.4 Å². The summed E-state index contributed by atoms with van der Waals surface area (Å²) in [5.74, 6) is -1.15. The van der Waals surface area contributed by atoms with Crippen molar-refractivity contribution in [2.24, 2.45) is 0 Å². The molecule has 0 bridgehead atoms. The zero-order chi connectivity index (χ0) is 25.1. The molecular formula is C26H21FN6O3. The third kappa shape index (κ3) is 3.41. The quantitative estimate of drug-likeness (QED) is 0.413. The lowest BCUT2D eigenvalue weighted by molar-refractivity contribution is -0.116. The Morgan fingerprint density at radius 3 is 2.58 bits per heavy atom. The smallest absolute Gasteiger partial charge is 0.280 e. The number of benzene rings is 1. The van der Waals surface area contributed by atoms with E-state index in [1.165, 1.54) is 21.2 Å². The van der Waals surface area contributed by atoms with Crippen LogP contribution in [0.5, 0.6) is 0 Å². The fraction of sp³-hybridized carbons (Fsp3) is 0.192. The van der Waals surface area contributed by atoms with Crippen molar-refractivity contribution < 1.29 is 14.0 Å². The second-order valence-electron chi connectivity index (χ2n) is 9.13. The van der Waals surface area contributed by atoms with Gasteiger partial charge < -0.3 is 14.8 Å². The average Bonchev–Trinajstić information content (AvgIpc) is 3.42. The highest BCUT2D eigenvalue weighted by Crippen LogP contribution is 2.30. The van der Waals surface area contributed by atoms with Crippen LogP contribution in [-0.4, -0.2) is 41.9 Å². The summed E-state index contributed by atoms with van der Waals surface area (Å²) < 4.78 is 16.0. The van der Waals surface area contributed by atoms with E-state index in [9.17, 15) is 18.8 Å². The second-order valence-corrected chi connectivity index (χ2v) is 9.13. The highest BCUT2D eigenvalue weighted by molar-refractivity contribution is 5.99. The summed E-state index contributed by atoms with van der Waals surface area (Å²) in [6, 6.07) is 10.0. The Kier molecular flexibility index (Phi) is 4.85. The number of aromatic nitrogens is 4. The lowest BCUT2D eigenvalue weighted by atomic mass is 9.95. The largest absolute Gasteiger partial charge is 0.330 e. The van der Waals surface area contributed by atoms with Gasteiger partial charge >= 0.3 is 0 Å². The first-order valence-corrected chi connectivity index (χ1v) is 11.5. The summed E-state index contributed by atoms with van der Waals surface area (Å²) >= 11 is 0. The van der Waals surface area contributed by atoms with E-state index < -0.39 is 11.7 Å². The zero-order valence-corrected chi connectivity index (χ0v) is 19.5. The maximum absolute atomic E-state index is 13.4. The Bertz CT molecular complexity index is 1670. The molecule has 0 radical (unpaired) electrons. The molecule has 2 aliphatic rings. The predicted molar refractivity (Wildman–Crippen MR) is 132 cm³/mol. The lowest BCUT2D eigenvalue weighted by Gasteiger charge is -2.20. The molecule has 180 valence electrons. The molecule has 0 spiro atoms. The molecule has 3 aromatic heterocycles. The second kappa shape index (κ2) is 7.98. The number of carbonyl (C=O) groups excluding carboxylic acids is 2. The number of anilines is 1. The maximum Gasteiger partial charge on any atom is 0.280 e. The van der Waals surface area contributed by atoms with Gasteiger partial charge in [0.15, 0.2) is 0 Å². The molecule has 4 aromatic rings. The number of fused-ring (bicyclic) bond motifs is 3. The fourth-order valence-electron chi connectivity index (χ4n) is 4.59. The molecule has 0 atom stereocenters. The molecule has 1 N–H and O–H groups in total. The van der Waals surface area contributed by atoms with E-state index >= 15 is 0 Å². The third-order valence-electron chi connectivity index (χ3n) is 6.51. The molecule has 9 nitrogen and oxygen atoms in total. The van der Waals surface area contributed by atoms with Gasteiger partial charge in [-0.05, 0) is 43.2 Å². The molecule has 0 saturated carbocycles. The molecular weight excluding hydrogens is 463 g/mol. The highest BCUT2D eigenvalue weighted by Gasteiger charge is 2.36. The van der Waals surface area contributed by atoms with Crippen LogP contribution in [0.25, 0.3) is 29.1 Å². The van der Waals surface area contributed by atoms with Gasteiger partial charge in [0.25, 0.3) is 11.5 Å². The molecule has 0 saturated heterocycles. The Labute approximate surface area is 204 Å². The van der Waals surface area contributed by atoms with Crippen LogP contribution in [-0.2, 0) is 17.9 Å². The van der Waals surface area contributed by atoms with E-state index in [4.69, 9.17) is 0 Å². The van der Waals surface area contributed by atoms with Gasteiger partial charge in [0.2, 0.25) is 5.91 Å². The van der Waals surface area contributed by atoms with Gasteiger partial charge in [-0.3, -0.25) is 14.4 Å². The zero-order valence-electron chi connectivity index (χ0n) is 19.5. The Morgan fingerprint density at radius 1 is 1.11 bits per heavy atom. The molecule has 1 aliphatic carbocycles. The van der Waals surface area contributed by atoms with Crippen molar-refractivity contribution in [2.75, 3.05) is 5.32 Å². The molecule has 1 aliphatic heterocycles. The van der Waals surface area contributed by atoms with Crippen molar-refractivity contribution in [3.8, 4) is 11.3 Å². The minimum Gasteiger partial charge on any atom is -0.330 e. The minimum absolute atomic E-state index is 0.131. The fourth-order valence-corrected chi connectivity index (χ4v) is 4.59. The number of nitrogens with one attached hydrogen (secondary N) is 1. The van der Waals surface area contributed by atoms with Crippen LogP contribution in [0, 0.1) is 5.82 Å². The third-order valence-corrected chi connectivity index (χ3v) is 6.51. The van der Waals surface area contributed by atoms with Gasteiger partial charge in [-0.25, -0.2) is 9.37 Å². The van der Waals surface area contributed by atoms with Crippen LogP contribution in [0.4, 0.5) is 10.2 Å². The number of carbonyl (C=O) groups is 2. The van der Waals surface area contributed by atoms with E-state index in [1.807, 2.05) is 44.2 Å². The van der Waals surface area contributed by atoms with E-state index in [-0.39, 0.29) is 42.1 Å². The van der Waals surface area contributed by atoms with Gasteiger partial charge in [0.05, 0.1) is 24.0 Å². The molecule has 0 unspecified atom stereocenters. The summed E-state index contributed by atoms with van der Waals surface area (Å²) in [5, 5.41) is 7.17. The van der Waals surface area contributed by atoms with Gasteiger partial charge in [-0.15, -0.1) is 0 Å². The summed E-state index contributed by atoms with van der Waals surface area (Å²) in [4.78, 5) is 45.2. The molecule has 2 amide bonds. The molecule has 36 heavy (non-hydrogen) atoms. The van der Waals surface area contributed by atoms with Gasteiger partial charge in [0.1, 0.15) is 29.5 Å². The van der Waals surface area contributed by atoms with Crippen LogP contribution in [0.1, 0.15) is 41.0 Å². The average molecular weight is 484 g/mol. The number of pyridine rings is 1. The van der Waals surface area contributed by atoms with Crippen LogP contribution in [0.15, 0.2) is 47.4 Å². The summed E-state index contributed by atoms with van der Waals surface area (Å²) in [5.41, 5.74) is 4.00. The molecule has 6 rings (SSSR count). The first-order chi connectivity index (χ1) is 17.3. The minimum atomic E-state index is -0.523. The number of hydrogen-bond acceptors (Lipinski definition) is 5. The number of halogens is 1. The van der Waals surface area contributed by atoms with E-state index in [2.05, 4.69) is 15.4 Å². The number of nitrogens with zero attached hydrogens (tertiary/aromatic N) is 5. The monoisotopic (exact) mass is 484 g/mol. The van der Waals surface area contributed by atoms with Gasteiger partial charge in [-0.2, -0.15) is 9.61 Å². The normalized spacial score (nSPS) is 13.8. The first-order valence-electron chi connectivity index (χ1n) is 11.5. The van der Waals surface area contributed by atoms with Crippen LogP contribution >= 0.6 is 0 Å². The topological polar surface area (TPSA) is 102 Å². The lowest BCUT2D eigenvalue weighted by Crippen LogP contribution is -2.32. The summed E-state index contributed by atoms with van der Waals surface area (Å²) in [6.45, 7) is 3.62. The summed E-state index contributed by atoms with van der Waals surface area (Å²) in [6.07, 6.45) is 5.01.